The molecule has 0 heterocycles. The first-order valence-electron chi connectivity index (χ1n) is 6.67. The summed E-state index contributed by atoms with van der Waals surface area (Å²) in [7, 11) is 1.59. The number of nitrogens with zero attached hydrogens (tertiary/aromatic N) is 1. The molecule has 0 saturated carbocycles. The summed E-state index contributed by atoms with van der Waals surface area (Å²) < 4.78 is 23.1. The van der Waals surface area contributed by atoms with E-state index in [-0.39, 0.29) is 24.9 Å². The van der Waals surface area contributed by atoms with Gasteiger partial charge in [0.2, 0.25) is 0 Å². The number of amidine groups is 1. The van der Waals surface area contributed by atoms with Gasteiger partial charge >= 0.3 is 0 Å². The molecule has 2 rings (SSSR count). The SMILES string of the molecule is COc1ccc(/C(N)=N/OCCOc2ccc(F)cc2)cc1. The van der Waals surface area contributed by atoms with Gasteiger partial charge in [0.05, 0.1) is 7.11 Å². The van der Waals surface area contributed by atoms with Crippen LogP contribution >= 0.6 is 0 Å². The third-order valence-corrected chi connectivity index (χ3v) is 2.81. The summed E-state index contributed by atoms with van der Waals surface area (Å²) in [6.45, 7) is 0.513. The van der Waals surface area contributed by atoms with Gasteiger partial charge in [0.1, 0.15) is 23.9 Å². The topological polar surface area (TPSA) is 66.1 Å². The Balaban J connectivity index is 1.75. The monoisotopic (exact) mass is 304 g/mol. The zero-order valence-corrected chi connectivity index (χ0v) is 12.2. The van der Waals surface area contributed by atoms with E-state index in [1.165, 1.54) is 12.1 Å². The quantitative estimate of drug-likeness (QED) is 0.369. The second-order valence-corrected chi connectivity index (χ2v) is 4.34. The number of ether oxygens (including phenoxy) is 2. The highest BCUT2D eigenvalue weighted by Gasteiger charge is 2.00. The summed E-state index contributed by atoms with van der Waals surface area (Å²) in [5.41, 5.74) is 6.53. The third-order valence-electron chi connectivity index (χ3n) is 2.81. The van der Waals surface area contributed by atoms with E-state index in [0.29, 0.717) is 5.75 Å². The fourth-order valence-corrected chi connectivity index (χ4v) is 1.66. The lowest BCUT2D eigenvalue weighted by Crippen LogP contribution is -2.15. The van der Waals surface area contributed by atoms with Gasteiger partial charge in [0, 0.05) is 5.56 Å². The second-order valence-electron chi connectivity index (χ2n) is 4.34. The van der Waals surface area contributed by atoms with Crippen LogP contribution in [-0.2, 0) is 4.84 Å². The second kappa shape index (κ2) is 7.87. The fourth-order valence-electron chi connectivity index (χ4n) is 1.66. The molecule has 0 atom stereocenters. The maximum absolute atomic E-state index is 12.7. The molecular weight excluding hydrogens is 287 g/mol. The molecule has 116 valence electrons. The molecule has 0 aliphatic carbocycles. The van der Waals surface area contributed by atoms with Crippen molar-refractivity contribution in [2.75, 3.05) is 20.3 Å². The fraction of sp³-hybridized carbons (Fsp3) is 0.188. The molecule has 0 aliphatic heterocycles. The number of hydrogen-bond acceptors (Lipinski definition) is 4. The minimum Gasteiger partial charge on any atom is -0.497 e. The van der Waals surface area contributed by atoms with Gasteiger partial charge in [-0.15, -0.1) is 0 Å². The molecule has 0 radical (unpaired) electrons. The minimum atomic E-state index is -0.305. The maximum Gasteiger partial charge on any atom is 0.170 e. The van der Waals surface area contributed by atoms with Crippen LogP contribution in [0.3, 0.4) is 0 Å². The third kappa shape index (κ3) is 4.66. The average Bonchev–Trinajstić information content (AvgIpc) is 2.56. The Morgan fingerprint density at radius 3 is 2.27 bits per heavy atom. The lowest BCUT2D eigenvalue weighted by Gasteiger charge is -2.06. The van der Waals surface area contributed by atoms with Crippen LogP contribution in [0.2, 0.25) is 0 Å². The number of halogens is 1. The molecule has 0 aromatic heterocycles. The average molecular weight is 304 g/mol. The summed E-state index contributed by atoms with van der Waals surface area (Å²) in [4.78, 5) is 5.08. The van der Waals surface area contributed by atoms with Gasteiger partial charge < -0.3 is 20.0 Å². The zero-order chi connectivity index (χ0) is 15.8. The van der Waals surface area contributed by atoms with Gasteiger partial charge in [-0.3, -0.25) is 0 Å². The molecule has 0 aliphatic rings. The minimum absolute atomic E-state index is 0.230. The lowest BCUT2D eigenvalue weighted by molar-refractivity contribution is 0.107. The van der Waals surface area contributed by atoms with E-state index < -0.39 is 0 Å². The molecule has 0 fully saturated rings. The molecule has 2 aromatic carbocycles. The van der Waals surface area contributed by atoms with Gasteiger partial charge in [-0.05, 0) is 48.5 Å². The van der Waals surface area contributed by atoms with Gasteiger partial charge in [-0.1, -0.05) is 5.16 Å². The summed E-state index contributed by atoms with van der Waals surface area (Å²) >= 11 is 0. The van der Waals surface area contributed by atoms with Crippen LogP contribution in [0.4, 0.5) is 4.39 Å². The van der Waals surface area contributed by atoms with E-state index in [9.17, 15) is 4.39 Å². The van der Waals surface area contributed by atoms with Gasteiger partial charge in [0.25, 0.3) is 0 Å². The standard InChI is InChI=1S/C16H17FN2O3/c1-20-14-6-2-12(3-7-14)16(18)19-22-11-10-21-15-8-4-13(17)5-9-15/h2-9H,10-11H2,1H3,(H2,18,19). The van der Waals surface area contributed by atoms with Crippen molar-refractivity contribution in [1.29, 1.82) is 0 Å². The van der Waals surface area contributed by atoms with Crippen molar-refractivity contribution in [3.8, 4) is 11.5 Å². The molecule has 0 spiro atoms. The van der Waals surface area contributed by atoms with Crippen molar-refractivity contribution < 1.29 is 18.7 Å². The first-order valence-corrected chi connectivity index (χ1v) is 6.67. The number of hydrogen-bond donors (Lipinski definition) is 1. The van der Waals surface area contributed by atoms with Crippen LogP contribution in [0.15, 0.2) is 53.7 Å². The predicted octanol–water partition coefficient (Wildman–Crippen LogP) is 2.55. The summed E-state index contributed by atoms with van der Waals surface area (Å²) in [5.74, 6) is 1.27. The summed E-state index contributed by atoms with van der Waals surface area (Å²) in [5, 5.41) is 3.81. The predicted molar refractivity (Wildman–Crippen MR) is 81.6 cm³/mol. The molecular formula is C16H17FN2O3. The van der Waals surface area contributed by atoms with Crippen LogP contribution in [0, 0.1) is 5.82 Å². The zero-order valence-electron chi connectivity index (χ0n) is 12.2. The largest absolute Gasteiger partial charge is 0.497 e. The van der Waals surface area contributed by atoms with Crippen molar-refractivity contribution >= 4 is 5.84 Å². The number of methoxy groups -OCH3 is 1. The number of nitrogens with two attached hydrogens (primary N) is 1. The maximum atomic E-state index is 12.7. The number of rotatable bonds is 7. The lowest BCUT2D eigenvalue weighted by atomic mass is 10.2. The number of benzene rings is 2. The normalized spacial score (nSPS) is 11.1. The highest BCUT2D eigenvalue weighted by molar-refractivity contribution is 5.97. The summed E-state index contributed by atoms with van der Waals surface area (Å²) in [6, 6.07) is 12.9. The summed E-state index contributed by atoms with van der Waals surface area (Å²) in [6.07, 6.45) is 0. The Labute approximate surface area is 128 Å². The number of oxime groups is 1. The van der Waals surface area contributed by atoms with E-state index >= 15 is 0 Å². The van der Waals surface area contributed by atoms with Crippen LogP contribution < -0.4 is 15.2 Å². The molecule has 0 bridgehead atoms. The Morgan fingerprint density at radius 1 is 1.00 bits per heavy atom. The van der Waals surface area contributed by atoms with Gasteiger partial charge in [-0.25, -0.2) is 4.39 Å². The van der Waals surface area contributed by atoms with Gasteiger partial charge in [0.15, 0.2) is 12.4 Å². The molecule has 22 heavy (non-hydrogen) atoms. The molecule has 0 unspecified atom stereocenters. The highest BCUT2D eigenvalue weighted by atomic mass is 19.1. The molecule has 0 amide bonds. The highest BCUT2D eigenvalue weighted by Crippen LogP contribution is 2.12. The first-order chi connectivity index (χ1) is 10.7. The first kappa shape index (κ1) is 15.6. The van der Waals surface area contributed by atoms with E-state index in [1.807, 2.05) is 0 Å². The van der Waals surface area contributed by atoms with Crippen molar-refractivity contribution in [3.63, 3.8) is 0 Å². The van der Waals surface area contributed by atoms with Crippen LogP contribution in [0.25, 0.3) is 0 Å². The smallest absolute Gasteiger partial charge is 0.170 e. The van der Waals surface area contributed by atoms with E-state index in [4.69, 9.17) is 20.0 Å². The molecule has 5 nitrogen and oxygen atoms in total. The van der Waals surface area contributed by atoms with Crippen molar-refractivity contribution in [3.05, 3.63) is 59.9 Å². The Hall–Kier alpha value is -2.76. The van der Waals surface area contributed by atoms with Gasteiger partial charge in [-0.2, -0.15) is 0 Å². The van der Waals surface area contributed by atoms with Crippen LogP contribution in [0.1, 0.15) is 5.56 Å². The van der Waals surface area contributed by atoms with E-state index in [1.54, 1.807) is 43.5 Å². The van der Waals surface area contributed by atoms with E-state index in [0.717, 1.165) is 11.3 Å². The van der Waals surface area contributed by atoms with Crippen molar-refractivity contribution in [2.24, 2.45) is 10.9 Å². The Morgan fingerprint density at radius 2 is 1.64 bits per heavy atom. The molecule has 2 N–H and O–H groups in total. The van der Waals surface area contributed by atoms with E-state index in [2.05, 4.69) is 5.16 Å². The van der Waals surface area contributed by atoms with Crippen LogP contribution in [0.5, 0.6) is 11.5 Å². The van der Waals surface area contributed by atoms with Crippen molar-refractivity contribution in [2.45, 2.75) is 0 Å². The molecule has 0 saturated heterocycles. The Kier molecular flexibility index (Phi) is 5.59. The molecule has 2 aromatic rings. The molecule has 6 heteroatoms. The Bertz CT molecular complexity index is 612. The van der Waals surface area contributed by atoms with Crippen molar-refractivity contribution in [1.82, 2.24) is 0 Å². The van der Waals surface area contributed by atoms with Crippen LogP contribution in [-0.4, -0.2) is 26.2 Å².